The van der Waals surface area contributed by atoms with Gasteiger partial charge in [-0.2, -0.15) is 5.26 Å². The van der Waals surface area contributed by atoms with Crippen molar-refractivity contribution >= 4 is 55.8 Å². The molecule has 3 aromatic rings. The molecule has 3 rings (SSSR count). The Morgan fingerprint density at radius 1 is 1.26 bits per heavy atom. The lowest BCUT2D eigenvalue weighted by atomic mass is 10.0. The minimum atomic E-state index is -1.39. The van der Waals surface area contributed by atoms with Crippen LogP contribution in [0.2, 0.25) is 5.02 Å². The third kappa shape index (κ3) is 4.32. The number of benzene rings is 1. The molecule has 0 spiro atoms. The first-order valence-corrected chi connectivity index (χ1v) is 10.6. The number of carbonyl (C=O) groups excluding carboxylic acids is 2. The van der Waals surface area contributed by atoms with E-state index < -0.39 is 62.6 Å². The van der Waals surface area contributed by atoms with E-state index in [0.717, 1.165) is 7.11 Å². The zero-order chi connectivity index (χ0) is 25.5. The van der Waals surface area contributed by atoms with Crippen LogP contribution in [0.1, 0.15) is 36.7 Å². The van der Waals surface area contributed by atoms with Gasteiger partial charge in [0.25, 0.3) is 0 Å². The molecule has 178 valence electrons. The maximum Gasteiger partial charge on any atom is 0.412 e. The molecule has 0 unspecified atom stereocenters. The summed E-state index contributed by atoms with van der Waals surface area (Å²) < 4.78 is 54.1. The van der Waals surface area contributed by atoms with E-state index in [1.807, 2.05) is 0 Å². The van der Waals surface area contributed by atoms with Crippen LogP contribution in [0.25, 0.3) is 21.3 Å². The molecule has 0 aliphatic carbocycles. The lowest BCUT2D eigenvalue weighted by molar-refractivity contribution is 0.0594. The van der Waals surface area contributed by atoms with Crippen molar-refractivity contribution in [2.24, 2.45) is 0 Å². The van der Waals surface area contributed by atoms with Crippen LogP contribution in [-0.4, -0.2) is 29.8 Å². The number of nitrogens with zero attached hydrogens (tertiary/aromatic N) is 2. The summed E-state index contributed by atoms with van der Waals surface area (Å²) in [4.78, 5) is 27.9. The Morgan fingerprint density at radius 3 is 2.47 bits per heavy atom. The number of nitriles is 1. The summed E-state index contributed by atoms with van der Waals surface area (Å²) in [5, 5.41) is 10.8. The highest BCUT2D eigenvalue weighted by molar-refractivity contribution is 7.23. The van der Waals surface area contributed by atoms with Crippen molar-refractivity contribution in [2.45, 2.75) is 26.4 Å². The van der Waals surface area contributed by atoms with E-state index in [0.29, 0.717) is 17.5 Å². The molecule has 0 radical (unpaired) electrons. The number of anilines is 2. The fourth-order valence-corrected chi connectivity index (χ4v) is 4.34. The smallest absolute Gasteiger partial charge is 0.412 e. The third-order valence-electron chi connectivity index (χ3n) is 4.38. The van der Waals surface area contributed by atoms with E-state index in [-0.39, 0.29) is 20.7 Å². The molecule has 1 aromatic carbocycles. The molecule has 0 fully saturated rings. The standard InChI is InChI=1S/C21H16ClF3N4O4S/c1-21(2,3)33-20(31)29-18-7(5-26)9-16(28-6-8(23)17(9)34-18)10-12(22)13(24)11(19(30)32-4)15(27)14(10)25/h6H,27H2,1-4H3,(H,29,31). The number of aromatic nitrogens is 1. The molecule has 0 aliphatic rings. The predicted octanol–water partition coefficient (Wildman–Crippen LogP) is 5.62. The number of nitrogens with one attached hydrogen (secondary N) is 1. The summed E-state index contributed by atoms with van der Waals surface area (Å²) in [6, 6.07) is 1.80. The van der Waals surface area contributed by atoms with Crippen LogP contribution in [0.4, 0.5) is 28.7 Å². The van der Waals surface area contributed by atoms with E-state index in [4.69, 9.17) is 22.1 Å². The zero-order valence-electron chi connectivity index (χ0n) is 18.1. The minimum absolute atomic E-state index is 0.115. The largest absolute Gasteiger partial charge is 0.465 e. The van der Waals surface area contributed by atoms with Crippen molar-refractivity contribution in [1.82, 2.24) is 4.98 Å². The Bertz CT molecular complexity index is 1370. The highest BCUT2D eigenvalue weighted by Crippen LogP contribution is 2.45. The fraction of sp³-hybridized carbons (Fsp3) is 0.238. The molecule has 1 amide bonds. The number of halogens is 4. The van der Waals surface area contributed by atoms with E-state index in [9.17, 15) is 23.6 Å². The number of hydrogen-bond donors (Lipinski definition) is 2. The second kappa shape index (κ2) is 9.00. The molecule has 0 aliphatic heterocycles. The number of ether oxygens (including phenoxy) is 2. The summed E-state index contributed by atoms with van der Waals surface area (Å²) in [5.41, 5.74) is 1.51. The lowest BCUT2D eigenvalue weighted by Gasteiger charge is -2.19. The van der Waals surface area contributed by atoms with Gasteiger partial charge in [-0.1, -0.05) is 11.6 Å². The summed E-state index contributed by atoms with van der Waals surface area (Å²) >= 11 is 6.69. The number of rotatable bonds is 3. The highest BCUT2D eigenvalue weighted by atomic mass is 35.5. The van der Waals surface area contributed by atoms with Crippen LogP contribution in [0, 0.1) is 28.8 Å². The number of hydrogen-bond acceptors (Lipinski definition) is 8. The number of methoxy groups -OCH3 is 1. The van der Waals surface area contributed by atoms with Crippen LogP contribution in [0.3, 0.4) is 0 Å². The lowest BCUT2D eigenvalue weighted by Crippen LogP contribution is -2.27. The van der Waals surface area contributed by atoms with Gasteiger partial charge in [0.2, 0.25) is 0 Å². The number of nitrogens with two attached hydrogens (primary N) is 1. The normalized spacial score (nSPS) is 11.3. The fourth-order valence-electron chi connectivity index (χ4n) is 3.04. The average molecular weight is 513 g/mol. The molecule has 0 bridgehead atoms. The Hall–Kier alpha value is -3.56. The quantitative estimate of drug-likeness (QED) is 0.265. The molecule has 0 atom stereocenters. The third-order valence-corrected chi connectivity index (χ3v) is 5.85. The van der Waals surface area contributed by atoms with Gasteiger partial charge in [0.15, 0.2) is 17.5 Å². The molecule has 34 heavy (non-hydrogen) atoms. The van der Waals surface area contributed by atoms with Gasteiger partial charge in [-0.15, -0.1) is 11.3 Å². The Labute approximate surface area is 200 Å². The maximum atomic E-state index is 15.3. The van der Waals surface area contributed by atoms with E-state index in [1.54, 1.807) is 26.8 Å². The molecule has 2 aromatic heterocycles. The summed E-state index contributed by atoms with van der Waals surface area (Å²) in [6.07, 6.45) is -0.211. The van der Waals surface area contributed by atoms with Crippen molar-refractivity contribution in [3.05, 3.63) is 39.8 Å². The van der Waals surface area contributed by atoms with Gasteiger partial charge < -0.3 is 15.2 Å². The first-order valence-electron chi connectivity index (χ1n) is 9.38. The first kappa shape index (κ1) is 25.1. The van der Waals surface area contributed by atoms with E-state index >= 15 is 4.39 Å². The van der Waals surface area contributed by atoms with Gasteiger partial charge >= 0.3 is 12.1 Å². The first-order chi connectivity index (χ1) is 15.8. The van der Waals surface area contributed by atoms with Crippen LogP contribution in [0.15, 0.2) is 6.20 Å². The molecule has 3 N–H and O–H groups in total. The van der Waals surface area contributed by atoms with Crippen LogP contribution < -0.4 is 11.1 Å². The molecule has 8 nitrogen and oxygen atoms in total. The Balaban J connectivity index is 2.32. The van der Waals surface area contributed by atoms with Gasteiger partial charge in [-0.25, -0.2) is 22.8 Å². The van der Waals surface area contributed by atoms with Crippen LogP contribution in [-0.2, 0) is 9.47 Å². The number of pyridine rings is 1. The molecule has 0 saturated heterocycles. The van der Waals surface area contributed by atoms with Crippen molar-refractivity contribution in [3.63, 3.8) is 0 Å². The van der Waals surface area contributed by atoms with Crippen molar-refractivity contribution in [2.75, 3.05) is 18.2 Å². The summed E-state index contributed by atoms with van der Waals surface area (Å²) in [6.45, 7) is 4.85. The van der Waals surface area contributed by atoms with Crippen molar-refractivity contribution in [3.8, 4) is 17.3 Å². The van der Waals surface area contributed by atoms with Gasteiger partial charge in [0, 0.05) is 5.39 Å². The van der Waals surface area contributed by atoms with Crippen molar-refractivity contribution < 1.29 is 32.2 Å². The number of thiophene rings is 1. The Morgan fingerprint density at radius 2 is 1.91 bits per heavy atom. The van der Waals surface area contributed by atoms with E-state index in [1.165, 1.54) is 0 Å². The summed E-state index contributed by atoms with van der Waals surface area (Å²) in [5.74, 6) is -4.88. The van der Waals surface area contributed by atoms with Crippen LogP contribution in [0.5, 0.6) is 0 Å². The van der Waals surface area contributed by atoms with Gasteiger partial charge in [0.1, 0.15) is 22.2 Å². The van der Waals surface area contributed by atoms with Gasteiger partial charge in [0.05, 0.1) is 45.5 Å². The monoisotopic (exact) mass is 512 g/mol. The SMILES string of the molecule is COC(=O)c1c(N)c(F)c(-c2ncc(F)c3sc(NC(=O)OC(C)(C)C)c(C#N)c23)c(Cl)c1F. The second-order valence-electron chi connectivity index (χ2n) is 7.80. The minimum Gasteiger partial charge on any atom is -0.465 e. The maximum absolute atomic E-state index is 15.3. The van der Waals surface area contributed by atoms with Gasteiger partial charge in [-0.3, -0.25) is 10.3 Å². The zero-order valence-corrected chi connectivity index (χ0v) is 19.7. The number of amides is 1. The Kier molecular flexibility index (Phi) is 6.64. The molecular formula is C21H16ClF3N4O4S. The second-order valence-corrected chi connectivity index (χ2v) is 9.20. The summed E-state index contributed by atoms with van der Waals surface area (Å²) in [7, 11) is 0.940. The molecule has 2 heterocycles. The van der Waals surface area contributed by atoms with Crippen LogP contribution >= 0.6 is 22.9 Å². The number of fused-ring (bicyclic) bond motifs is 1. The van der Waals surface area contributed by atoms with E-state index in [2.05, 4.69) is 15.0 Å². The molecular weight excluding hydrogens is 497 g/mol. The number of esters is 1. The predicted molar refractivity (Wildman–Crippen MR) is 120 cm³/mol. The molecule has 0 saturated carbocycles. The highest BCUT2D eigenvalue weighted by Gasteiger charge is 2.31. The number of carbonyl (C=O) groups is 2. The van der Waals surface area contributed by atoms with Crippen molar-refractivity contribution in [1.29, 1.82) is 5.26 Å². The topological polar surface area (TPSA) is 127 Å². The number of nitrogen functional groups attached to an aromatic ring is 1. The van der Waals surface area contributed by atoms with Gasteiger partial charge in [-0.05, 0) is 20.8 Å². The average Bonchev–Trinajstić information content (AvgIpc) is 3.11. The molecule has 13 heteroatoms.